The van der Waals surface area contributed by atoms with Crippen LogP contribution in [0.25, 0.3) is 0 Å². The van der Waals surface area contributed by atoms with Crippen molar-refractivity contribution in [2.45, 2.75) is 70.9 Å². The number of rotatable bonds is 7. The lowest BCUT2D eigenvalue weighted by atomic mass is 9.82. The smallest absolute Gasteiger partial charge is 0.126 e. The molecule has 0 spiro atoms. The molecule has 0 aliphatic carbocycles. The molecule has 1 aromatic rings. The lowest BCUT2D eigenvalue weighted by Crippen LogP contribution is -2.44. The predicted octanol–water partition coefficient (Wildman–Crippen LogP) is 5.61. The van der Waals surface area contributed by atoms with E-state index < -0.39 is 0 Å². The SMILES string of the molecule is CCCCC1(CC)CC(NCCC)c2ccc(Br)cc2O1. The Hall–Kier alpha value is -0.540. The second kappa shape index (κ2) is 7.64. The zero-order valence-electron chi connectivity index (χ0n) is 13.5. The molecule has 0 saturated heterocycles. The molecule has 1 aliphatic rings. The van der Waals surface area contributed by atoms with Gasteiger partial charge in [-0.1, -0.05) is 49.2 Å². The minimum Gasteiger partial charge on any atom is -0.487 e. The molecule has 1 N–H and O–H groups in total. The first-order chi connectivity index (χ1) is 10.1. The van der Waals surface area contributed by atoms with E-state index in [1.54, 1.807) is 0 Å². The Bertz CT molecular complexity index is 463. The molecule has 0 bridgehead atoms. The highest BCUT2D eigenvalue weighted by atomic mass is 79.9. The van der Waals surface area contributed by atoms with Crippen molar-refractivity contribution in [3.05, 3.63) is 28.2 Å². The van der Waals surface area contributed by atoms with Crippen LogP contribution in [0.2, 0.25) is 0 Å². The van der Waals surface area contributed by atoms with Crippen LogP contribution in [0.1, 0.15) is 70.9 Å². The summed E-state index contributed by atoms with van der Waals surface area (Å²) in [7, 11) is 0. The second-order valence-electron chi connectivity index (χ2n) is 6.14. The largest absolute Gasteiger partial charge is 0.487 e. The minimum atomic E-state index is -0.00475. The number of nitrogens with one attached hydrogen (secondary N) is 1. The highest BCUT2D eigenvalue weighted by Crippen LogP contribution is 2.44. The predicted molar refractivity (Wildman–Crippen MR) is 93.0 cm³/mol. The van der Waals surface area contributed by atoms with Gasteiger partial charge in [-0.05, 0) is 44.4 Å². The molecule has 0 aromatic heterocycles. The van der Waals surface area contributed by atoms with E-state index in [0.717, 1.165) is 42.5 Å². The minimum absolute atomic E-state index is 0.00475. The van der Waals surface area contributed by atoms with Gasteiger partial charge in [-0.25, -0.2) is 0 Å². The van der Waals surface area contributed by atoms with E-state index in [2.05, 4.69) is 60.2 Å². The van der Waals surface area contributed by atoms with Crippen LogP contribution in [0.4, 0.5) is 0 Å². The topological polar surface area (TPSA) is 21.3 Å². The van der Waals surface area contributed by atoms with E-state index in [1.165, 1.54) is 18.4 Å². The molecule has 2 rings (SSSR count). The third kappa shape index (κ3) is 4.01. The van der Waals surface area contributed by atoms with Crippen LogP contribution >= 0.6 is 15.9 Å². The molecular weight excluding hydrogens is 326 g/mol. The Kier molecular flexibility index (Phi) is 6.12. The third-order valence-electron chi connectivity index (χ3n) is 4.52. The first-order valence-electron chi connectivity index (χ1n) is 8.36. The van der Waals surface area contributed by atoms with Crippen LogP contribution < -0.4 is 10.1 Å². The van der Waals surface area contributed by atoms with Gasteiger partial charge in [0.1, 0.15) is 11.4 Å². The van der Waals surface area contributed by atoms with E-state index in [4.69, 9.17) is 4.74 Å². The molecule has 0 saturated carbocycles. The van der Waals surface area contributed by atoms with E-state index in [0.29, 0.717) is 6.04 Å². The zero-order valence-corrected chi connectivity index (χ0v) is 15.1. The molecule has 0 radical (unpaired) electrons. The highest BCUT2D eigenvalue weighted by Gasteiger charge is 2.39. The summed E-state index contributed by atoms with van der Waals surface area (Å²) in [6.07, 6.45) is 6.93. The van der Waals surface area contributed by atoms with E-state index in [-0.39, 0.29) is 5.60 Å². The molecule has 118 valence electrons. The van der Waals surface area contributed by atoms with Gasteiger partial charge in [-0.2, -0.15) is 0 Å². The van der Waals surface area contributed by atoms with Crippen molar-refractivity contribution in [3.8, 4) is 5.75 Å². The number of hydrogen-bond donors (Lipinski definition) is 1. The maximum absolute atomic E-state index is 6.49. The van der Waals surface area contributed by atoms with Gasteiger partial charge in [0.15, 0.2) is 0 Å². The van der Waals surface area contributed by atoms with Gasteiger partial charge >= 0.3 is 0 Å². The lowest BCUT2D eigenvalue weighted by Gasteiger charge is -2.42. The molecule has 1 aromatic carbocycles. The van der Waals surface area contributed by atoms with Crippen molar-refractivity contribution in [3.63, 3.8) is 0 Å². The summed E-state index contributed by atoms with van der Waals surface area (Å²) in [5.41, 5.74) is 1.31. The molecule has 21 heavy (non-hydrogen) atoms. The number of ether oxygens (including phenoxy) is 1. The number of halogens is 1. The molecule has 2 nitrogen and oxygen atoms in total. The number of unbranched alkanes of at least 4 members (excludes halogenated alkanes) is 1. The average Bonchev–Trinajstić information content (AvgIpc) is 2.50. The Morgan fingerprint density at radius 1 is 1.29 bits per heavy atom. The van der Waals surface area contributed by atoms with Gasteiger partial charge in [-0.3, -0.25) is 0 Å². The normalized spacial score (nSPS) is 24.5. The van der Waals surface area contributed by atoms with E-state index in [1.807, 2.05) is 0 Å². The van der Waals surface area contributed by atoms with Crippen molar-refractivity contribution in [1.29, 1.82) is 0 Å². The van der Waals surface area contributed by atoms with Crippen molar-refractivity contribution in [2.24, 2.45) is 0 Å². The van der Waals surface area contributed by atoms with Crippen LogP contribution in [0.5, 0.6) is 5.75 Å². The molecule has 1 aliphatic heterocycles. The van der Waals surface area contributed by atoms with Crippen molar-refractivity contribution < 1.29 is 4.74 Å². The maximum atomic E-state index is 6.49. The van der Waals surface area contributed by atoms with E-state index in [9.17, 15) is 0 Å². The van der Waals surface area contributed by atoms with E-state index >= 15 is 0 Å². The fourth-order valence-corrected chi connectivity index (χ4v) is 3.53. The fraction of sp³-hybridized carbons (Fsp3) is 0.667. The summed E-state index contributed by atoms with van der Waals surface area (Å²) < 4.78 is 7.59. The molecule has 1 heterocycles. The average molecular weight is 354 g/mol. The summed E-state index contributed by atoms with van der Waals surface area (Å²) in [5, 5.41) is 3.72. The number of hydrogen-bond acceptors (Lipinski definition) is 2. The number of benzene rings is 1. The second-order valence-corrected chi connectivity index (χ2v) is 7.05. The van der Waals surface area contributed by atoms with Gasteiger partial charge in [0.05, 0.1) is 0 Å². The van der Waals surface area contributed by atoms with Gasteiger partial charge in [0, 0.05) is 22.5 Å². The molecule has 2 atom stereocenters. The Morgan fingerprint density at radius 3 is 2.76 bits per heavy atom. The van der Waals surface area contributed by atoms with Crippen LogP contribution in [-0.4, -0.2) is 12.1 Å². The van der Waals surface area contributed by atoms with Crippen LogP contribution in [0.3, 0.4) is 0 Å². The molecule has 3 heteroatoms. The first kappa shape index (κ1) is 16.8. The summed E-state index contributed by atoms with van der Waals surface area (Å²) >= 11 is 3.57. The zero-order chi connectivity index (χ0) is 15.3. The molecule has 0 fully saturated rings. The summed E-state index contributed by atoms with van der Waals surface area (Å²) in [6, 6.07) is 6.87. The van der Waals surface area contributed by atoms with Crippen LogP contribution in [0, 0.1) is 0 Å². The molecular formula is C18H28BrNO. The van der Waals surface area contributed by atoms with Gasteiger partial charge < -0.3 is 10.1 Å². The first-order valence-corrected chi connectivity index (χ1v) is 9.15. The fourth-order valence-electron chi connectivity index (χ4n) is 3.19. The molecule has 0 amide bonds. The van der Waals surface area contributed by atoms with Crippen molar-refractivity contribution in [1.82, 2.24) is 5.32 Å². The summed E-state index contributed by atoms with van der Waals surface area (Å²) in [4.78, 5) is 0. The molecule has 2 unspecified atom stereocenters. The van der Waals surface area contributed by atoms with Gasteiger partial charge in [0.2, 0.25) is 0 Å². The summed E-state index contributed by atoms with van der Waals surface area (Å²) in [6.45, 7) is 7.80. The standard InChI is InChI=1S/C18H28BrNO/c1-4-7-10-18(6-3)13-16(20-11-5-2)15-9-8-14(19)12-17(15)21-18/h8-9,12,16,20H,4-7,10-11,13H2,1-3H3. The maximum Gasteiger partial charge on any atom is 0.126 e. The van der Waals surface area contributed by atoms with Crippen LogP contribution in [-0.2, 0) is 0 Å². The van der Waals surface area contributed by atoms with Crippen LogP contribution in [0.15, 0.2) is 22.7 Å². The lowest BCUT2D eigenvalue weighted by molar-refractivity contribution is 0.0165. The van der Waals surface area contributed by atoms with Crippen molar-refractivity contribution in [2.75, 3.05) is 6.54 Å². The van der Waals surface area contributed by atoms with Gasteiger partial charge in [-0.15, -0.1) is 0 Å². The van der Waals surface area contributed by atoms with Crippen molar-refractivity contribution >= 4 is 15.9 Å². The monoisotopic (exact) mass is 353 g/mol. The Labute approximate surface area is 137 Å². The highest BCUT2D eigenvalue weighted by molar-refractivity contribution is 9.10. The summed E-state index contributed by atoms with van der Waals surface area (Å²) in [5.74, 6) is 1.06. The Balaban J connectivity index is 2.29. The third-order valence-corrected chi connectivity index (χ3v) is 5.02. The van der Waals surface area contributed by atoms with Gasteiger partial charge in [0.25, 0.3) is 0 Å². The Morgan fingerprint density at radius 2 is 2.10 bits per heavy atom. The number of fused-ring (bicyclic) bond motifs is 1. The quantitative estimate of drug-likeness (QED) is 0.687.